The number of ether oxygens (including phenoxy) is 1. The first kappa shape index (κ1) is 16.0. The summed E-state index contributed by atoms with van der Waals surface area (Å²) in [5.74, 6) is 1.06. The van der Waals surface area contributed by atoms with E-state index in [1.165, 1.54) is 12.8 Å². The van der Waals surface area contributed by atoms with Gasteiger partial charge in [0, 0.05) is 20.3 Å². The molecule has 2 rings (SSSR count). The average molecular weight is 294 g/mol. The van der Waals surface area contributed by atoms with Crippen molar-refractivity contribution in [2.24, 2.45) is 0 Å². The first-order valence-electron chi connectivity index (χ1n) is 7.84. The van der Waals surface area contributed by atoms with Gasteiger partial charge in [-0.1, -0.05) is 12.8 Å². The molecule has 21 heavy (non-hydrogen) atoms. The van der Waals surface area contributed by atoms with E-state index in [4.69, 9.17) is 9.15 Å². The Labute approximate surface area is 126 Å². The van der Waals surface area contributed by atoms with Gasteiger partial charge in [-0.3, -0.25) is 9.69 Å². The highest BCUT2D eigenvalue weighted by Gasteiger charge is 2.26. The molecule has 0 unspecified atom stereocenters. The zero-order valence-corrected chi connectivity index (χ0v) is 12.8. The van der Waals surface area contributed by atoms with Gasteiger partial charge in [-0.25, -0.2) is 0 Å². The maximum Gasteiger partial charge on any atom is 0.234 e. The first-order chi connectivity index (χ1) is 10.3. The van der Waals surface area contributed by atoms with Crippen LogP contribution in [0.25, 0.3) is 0 Å². The van der Waals surface area contributed by atoms with Crippen LogP contribution in [0.15, 0.2) is 22.8 Å². The summed E-state index contributed by atoms with van der Waals surface area (Å²) in [4.78, 5) is 14.3. The van der Waals surface area contributed by atoms with Gasteiger partial charge < -0.3 is 14.5 Å². The number of likely N-dealkylation sites (tertiary alicyclic amines) is 1. The van der Waals surface area contributed by atoms with Crippen molar-refractivity contribution < 1.29 is 13.9 Å². The van der Waals surface area contributed by atoms with E-state index < -0.39 is 0 Å². The molecule has 118 valence electrons. The molecule has 5 heteroatoms. The molecule has 0 saturated carbocycles. The molecule has 2 heterocycles. The number of nitrogens with one attached hydrogen (secondary N) is 1. The molecule has 1 saturated heterocycles. The number of rotatable bonds is 7. The van der Waals surface area contributed by atoms with Crippen molar-refractivity contribution in [2.75, 3.05) is 33.4 Å². The highest BCUT2D eigenvalue weighted by molar-refractivity contribution is 5.78. The minimum atomic E-state index is 0.0876. The van der Waals surface area contributed by atoms with Crippen LogP contribution in [-0.2, 0) is 9.53 Å². The molecule has 1 atom stereocenters. The molecule has 1 aliphatic heterocycles. The Morgan fingerprint density at radius 1 is 1.48 bits per heavy atom. The summed E-state index contributed by atoms with van der Waals surface area (Å²) in [7, 11) is 1.67. The quantitative estimate of drug-likeness (QED) is 0.784. The van der Waals surface area contributed by atoms with Gasteiger partial charge in [0.2, 0.25) is 5.91 Å². The lowest BCUT2D eigenvalue weighted by Gasteiger charge is -2.27. The summed E-state index contributed by atoms with van der Waals surface area (Å²) in [6.07, 6.45) is 7.19. The third kappa shape index (κ3) is 5.17. The fourth-order valence-electron chi connectivity index (χ4n) is 2.84. The van der Waals surface area contributed by atoms with Crippen LogP contribution < -0.4 is 5.32 Å². The second-order valence-electron chi connectivity index (χ2n) is 5.55. The summed E-state index contributed by atoms with van der Waals surface area (Å²) < 4.78 is 10.5. The van der Waals surface area contributed by atoms with Crippen molar-refractivity contribution in [3.05, 3.63) is 24.2 Å². The van der Waals surface area contributed by atoms with Gasteiger partial charge in [0.1, 0.15) is 5.76 Å². The standard InChI is InChI=1S/C16H26N2O3/c1-20-11-6-9-17-16(19)13-18-10-4-2-3-7-14(18)15-8-5-12-21-15/h5,8,12,14H,2-4,6-7,9-11,13H2,1H3,(H,17,19)/t14-/m0/s1. The minimum absolute atomic E-state index is 0.0876. The molecule has 0 spiro atoms. The van der Waals surface area contributed by atoms with Crippen LogP contribution >= 0.6 is 0 Å². The number of methoxy groups -OCH3 is 1. The number of furan rings is 1. The Morgan fingerprint density at radius 3 is 3.14 bits per heavy atom. The highest BCUT2D eigenvalue weighted by atomic mass is 16.5. The fraction of sp³-hybridized carbons (Fsp3) is 0.688. The second-order valence-corrected chi connectivity index (χ2v) is 5.55. The second kappa shape index (κ2) is 8.85. The van der Waals surface area contributed by atoms with E-state index in [0.29, 0.717) is 19.7 Å². The third-order valence-electron chi connectivity index (χ3n) is 3.93. The first-order valence-corrected chi connectivity index (χ1v) is 7.84. The lowest BCUT2D eigenvalue weighted by molar-refractivity contribution is -0.122. The molecule has 1 aromatic rings. The van der Waals surface area contributed by atoms with E-state index in [-0.39, 0.29) is 11.9 Å². The third-order valence-corrected chi connectivity index (χ3v) is 3.93. The van der Waals surface area contributed by atoms with Crippen molar-refractivity contribution in [3.63, 3.8) is 0 Å². The van der Waals surface area contributed by atoms with E-state index >= 15 is 0 Å². The van der Waals surface area contributed by atoms with Gasteiger partial charge >= 0.3 is 0 Å². The van der Waals surface area contributed by atoms with Crippen molar-refractivity contribution in [3.8, 4) is 0 Å². The SMILES string of the molecule is COCCCNC(=O)CN1CCCCC[C@H]1c1ccco1. The normalized spacial score (nSPS) is 20.1. The van der Waals surface area contributed by atoms with Gasteiger partial charge in [0.15, 0.2) is 0 Å². The Balaban J connectivity index is 1.87. The minimum Gasteiger partial charge on any atom is -0.468 e. The van der Waals surface area contributed by atoms with Gasteiger partial charge in [-0.15, -0.1) is 0 Å². The van der Waals surface area contributed by atoms with Crippen LogP contribution in [-0.4, -0.2) is 44.2 Å². The topological polar surface area (TPSA) is 54.7 Å². The monoisotopic (exact) mass is 294 g/mol. The van der Waals surface area contributed by atoms with Gasteiger partial charge in [-0.2, -0.15) is 0 Å². The summed E-state index contributed by atoms with van der Waals surface area (Å²) >= 11 is 0. The molecule has 5 nitrogen and oxygen atoms in total. The molecule has 0 aromatic carbocycles. The molecule has 0 radical (unpaired) electrons. The van der Waals surface area contributed by atoms with Crippen LogP contribution in [0.4, 0.5) is 0 Å². The van der Waals surface area contributed by atoms with Crippen molar-refractivity contribution >= 4 is 5.91 Å². The number of amides is 1. The molecule has 0 bridgehead atoms. The fourth-order valence-corrected chi connectivity index (χ4v) is 2.84. The summed E-state index contributed by atoms with van der Waals surface area (Å²) in [6, 6.07) is 4.16. The number of hydrogen-bond donors (Lipinski definition) is 1. The molecular weight excluding hydrogens is 268 g/mol. The smallest absolute Gasteiger partial charge is 0.234 e. The predicted octanol–water partition coefficient (Wildman–Crippen LogP) is 2.35. The van der Waals surface area contributed by atoms with Crippen LogP contribution in [0.3, 0.4) is 0 Å². The van der Waals surface area contributed by atoms with Crippen molar-refractivity contribution in [2.45, 2.75) is 38.1 Å². The Bertz CT molecular complexity index is 406. The maximum absolute atomic E-state index is 12.1. The molecular formula is C16H26N2O3. The maximum atomic E-state index is 12.1. The number of nitrogens with zero attached hydrogens (tertiary/aromatic N) is 1. The summed E-state index contributed by atoms with van der Waals surface area (Å²) in [5, 5.41) is 2.96. The van der Waals surface area contributed by atoms with Crippen LogP contribution in [0.2, 0.25) is 0 Å². The van der Waals surface area contributed by atoms with Gasteiger partial charge in [-0.05, 0) is 37.9 Å². The lowest BCUT2D eigenvalue weighted by Crippen LogP contribution is -2.39. The van der Waals surface area contributed by atoms with E-state index in [1.807, 2.05) is 12.1 Å². The van der Waals surface area contributed by atoms with Gasteiger partial charge in [0.05, 0.1) is 18.8 Å². The molecule has 1 fully saturated rings. The number of carbonyl (C=O) groups excluding carboxylic acids is 1. The Hall–Kier alpha value is -1.33. The summed E-state index contributed by atoms with van der Waals surface area (Å²) in [5.41, 5.74) is 0. The number of carbonyl (C=O) groups is 1. The molecule has 1 aromatic heterocycles. The summed E-state index contributed by atoms with van der Waals surface area (Å²) in [6.45, 7) is 2.75. The molecule has 1 N–H and O–H groups in total. The average Bonchev–Trinajstić information content (AvgIpc) is 2.91. The van der Waals surface area contributed by atoms with Crippen LogP contribution in [0.5, 0.6) is 0 Å². The lowest BCUT2D eigenvalue weighted by atomic mass is 10.1. The largest absolute Gasteiger partial charge is 0.468 e. The molecule has 1 aliphatic rings. The van der Waals surface area contributed by atoms with Crippen LogP contribution in [0, 0.1) is 0 Å². The zero-order chi connectivity index (χ0) is 14.9. The Morgan fingerprint density at radius 2 is 2.38 bits per heavy atom. The van der Waals surface area contributed by atoms with Crippen molar-refractivity contribution in [1.29, 1.82) is 0 Å². The molecule has 1 amide bonds. The molecule has 0 aliphatic carbocycles. The van der Waals surface area contributed by atoms with Crippen LogP contribution in [0.1, 0.15) is 43.9 Å². The van der Waals surface area contributed by atoms with E-state index in [2.05, 4.69) is 10.2 Å². The number of hydrogen-bond acceptors (Lipinski definition) is 4. The van der Waals surface area contributed by atoms with E-state index in [1.54, 1.807) is 13.4 Å². The highest BCUT2D eigenvalue weighted by Crippen LogP contribution is 2.29. The Kier molecular flexibility index (Phi) is 6.76. The van der Waals surface area contributed by atoms with E-state index in [9.17, 15) is 4.79 Å². The van der Waals surface area contributed by atoms with E-state index in [0.717, 1.165) is 31.6 Å². The zero-order valence-electron chi connectivity index (χ0n) is 12.8. The van der Waals surface area contributed by atoms with Gasteiger partial charge in [0.25, 0.3) is 0 Å². The van der Waals surface area contributed by atoms with Crippen molar-refractivity contribution in [1.82, 2.24) is 10.2 Å². The predicted molar refractivity (Wildman–Crippen MR) is 81.0 cm³/mol.